The third kappa shape index (κ3) is 4.51. The molecule has 0 spiro atoms. The molecule has 2 aliphatic heterocycles. The van der Waals surface area contributed by atoms with Crippen LogP contribution in [-0.2, 0) is 24.3 Å². The van der Waals surface area contributed by atoms with Gasteiger partial charge in [0.25, 0.3) is 5.91 Å². The quantitative estimate of drug-likeness (QED) is 0.641. The number of ether oxygens (including phenoxy) is 2. The molecule has 0 radical (unpaired) electrons. The monoisotopic (exact) mass is 428 g/mol. The number of carbonyl (C=O) groups is 2. The van der Waals surface area contributed by atoms with Crippen molar-refractivity contribution in [3.8, 4) is 0 Å². The summed E-state index contributed by atoms with van der Waals surface area (Å²) in [4.78, 5) is 26.7. The second kappa shape index (κ2) is 9.25. The molecule has 2 fully saturated rings. The zero-order valence-electron chi connectivity index (χ0n) is 15.7. The van der Waals surface area contributed by atoms with Crippen molar-refractivity contribution in [1.82, 2.24) is 9.21 Å². The van der Waals surface area contributed by atoms with E-state index < -0.39 is 22.0 Å². The lowest BCUT2D eigenvalue weighted by atomic mass is 10.1. The van der Waals surface area contributed by atoms with Crippen molar-refractivity contribution in [3.05, 3.63) is 29.8 Å². The van der Waals surface area contributed by atoms with Gasteiger partial charge >= 0.3 is 5.97 Å². The summed E-state index contributed by atoms with van der Waals surface area (Å²) in [5.74, 6) is 0.530. The first-order valence-electron chi connectivity index (χ1n) is 9.18. The molecule has 0 N–H and O–H groups in total. The molecule has 8 nitrogen and oxygen atoms in total. The zero-order chi connectivity index (χ0) is 20.1. The van der Waals surface area contributed by atoms with E-state index in [-0.39, 0.29) is 17.4 Å². The van der Waals surface area contributed by atoms with Gasteiger partial charge in [-0.3, -0.25) is 4.79 Å². The number of hydrogen-bond acceptors (Lipinski definition) is 7. The van der Waals surface area contributed by atoms with Crippen molar-refractivity contribution in [2.45, 2.75) is 17.9 Å². The minimum atomic E-state index is -3.61. The summed E-state index contributed by atoms with van der Waals surface area (Å²) < 4.78 is 37.1. The van der Waals surface area contributed by atoms with Gasteiger partial charge in [0, 0.05) is 36.7 Å². The molecule has 154 valence electrons. The molecule has 3 rings (SSSR count). The van der Waals surface area contributed by atoms with E-state index in [1.165, 1.54) is 33.5 Å². The SMILES string of the molecule is CCOC(=O)C1CSCCN1C(=O)c1ccc(S(=O)(=O)N2CCOCC2)cc1. The molecule has 1 amide bonds. The highest BCUT2D eigenvalue weighted by atomic mass is 32.2. The fourth-order valence-electron chi connectivity index (χ4n) is 3.15. The highest BCUT2D eigenvalue weighted by Gasteiger charge is 2.34. The highest BCUT2D eigenvalue weighted by molar-refractivity contribution is 7.99. The van der Waals surface area contributed by atoms with Crippen molar-refractivity contribution in [2.75, 3.05) is 51.0 Å². The van der Waals surface area contributed by atoms with Gasteiger partial charge in [0.15, 0.2) is 0 Å². The van der Waals surface area contributed by atoms with Crippen LogP contribution in [0.15, 0.2) is 29.2 Å². The van der Waals surface area contributed by atoms with E-state index in [1.807, 2.05) is 0 Å². The molecule has 1 atom stereocenters. The predicted octanol–water partition coefficient (Wildman–Crippen LogP) is 0.828. The number of benzene rings is 1. The molecule has 2 heterocycles. The molecule has 0 aromatic heterocycles. The molecule has 0 saturated carbocycles. The van der Waals surface area contributed by atoms with E-state index >= 15 is 0 Å². The first kappa shape index (κ1) is 21.1. The number of thioether (sulfide) groups is 1. The highest BCUT2D eigenvalue weighted by Crippen LogP contribution is 2.22. The summed E-state index contributed by atoms with van der Waals surface area (Å²) in [6, 6.07) is 5.26. The van der Waals surface area contributed by atoms with Gasteiger partial charge in [-0.05, 0) is 31.2 Å². The number of morpholine rings is 1. The van der Waals surface area contributed by atoms with Crippen LogP contribution in [0.25, 0.3) is 0 Å². The maximum atomic E-state index is 12.9. The van der Waals surface area contributed by atoms with Gasteiger partial charge in [0.1, 0.15) is 6.04 Å². The molecule has 10 heteroatoms. The third-order valence-electron chi connectivity index (χ3n) is 4.66. The van der Waals surface area contributed by atoms with Gasteiger partial charge < -0.3 is 14.4 Å². The van der Waals surface area contributed by atoms with Crippen molar-refractivity contribution in [2.24, 2.45) is 0 Å². The van der Waals surface area contributed by atoms with Crippen LogP contribution in [0.4, 0.5) is 0 Å². The summed E-state index contributed by atoms with van der Waals surface area (Å²) in [6.45, 7) is 3.81. The number of hydrogen-bond donors (Lipinski definition) is 0. The first-order chi connectivity index (χ1) is 13.4. The maximum Gasteiger partial charge on any atom is 0.329 e. The Morgan fingerprint density at radius 3 is 2.50 bits per heavy atom. The lowest BCUT2D eigenvalue weighted by Gasteiger charge is -2.33. The number of esters is 1. The molecule has 28 heavy (non-hydrogen) atoms. The van der Waals surface area contributed by atoms with E-state index in [1.54, 1.807) is 18.7 Å². The predicted molar refractivity (Wildman–Crippen MR) is 105 cm³/mol. The normalized spacial score (nSPS) is 21.3. The third-order valence-corrected chi connectivity index (χ3v) is 7.59. The Balaban J connectivity index is 1.76. The molecular formula is C18H24N2O6S2. The van der Waals surface area contributed by atoms with Crippen LogP contribution >= 0.6 is 11.8 Å². The Morgan fingerprint density at radius 2 is 1.86 bits per heavy atom. The largest absolute Gasteiger partial charge is 0.464 e. The summed E-state index contributed by atoms with van der Waals surface area (Å²) in [5.41, 5.74) is 0.349. The van der Waals surface area contributed by atoms with Gasteiger partial charge in [0.05, 0.1) is 24.7 Å². The van der Waals surface area contributed by atoms with Gasteiger partial charge in [-0.15, -0.1) is 0 Å². The fraction of sp³-hybridized carbons (Fsp3) is 0.556. The van der Waals surface area contributed by atoms with Gasteiger partial charge in [-0.1, -0.05) is 0 Å². The number of rotatable bonds is 5. The number of nitrogens with zero attached hydrogens (tertiary/aromatic N) is 2. The summed E-state index contributed by atoms with van der Waals surface area (Å²) >= 11 is 1.61. The van der Waals surface area contributed by atoms with Crippen LogP contribution in [0, 0.1) is 0 Å². The standard InChI is InChI=1S/C18H24N2O6S2/c1-2-26-18(22)16-13-27-12-9-20(16)17(21)14-3-5-15(6-4-14)28(23,24)19-7-10-25-11-8-19/h3-6,16H,2,7-13H2,1H3. The van der Waals surface area contributed by atoms with Crippen LogP contribution in [-0.4, -0.2) is 86.5 Å². The van der Waals surface area contributed by atoms with Crippen molar-refractivity contribution in [3.63, 3.8) is 0 Å². The van der Waals surface area contributed by atoms with Crippen molar-refractivity contribution in [1.29, 1.82) is 0 Å². The smallest absolute Gasteiger partial charge is 0.329 e. The Kier molecular flexibility index (Phi) is 6.97. The minimum Gasteiger partial charge on any atom is -0.464 e. The summed E-state index contributed by atoms with van der Waals surface area (Å²) in [5, 5.41) is 0. The Labute approximate surface area is 169 Å². The average Bonchev–Trinajstić information content (AvgIpc) is 2.74. The van der Waals surface area contributed by atoms with Crippen LogP contribution in [0.1, 0.15) is 17.3 Å². The average molecular weight is 429 g/mol. The van der Waals surface area contributed by atoms with Crippen LogP contribution in [0.3, 0.4) is 0 Å². The molecular weight excluding hydrogens is 404 g/mol. The van der Waals surface area contributed by atoms with Crippen molar-refractivity contribution < 1.29 is 27.5 Å². The van der Waals surface area contributed by atoms with Crippen LogP contribution in [0.5, 0.6) is 0 Å². The second-order valence-electron chi connectivity index (χ2n) is 6.38. The first-order valence-corrected chi connectivity index (χ1v) is 11.8. The Bertz CT molecular complexity index is 806. The van der Waals surface area contributed by atoms with Crippen molar-refractivity contribution >= 4 is 33.7 Å². The van der Waals surface area contributed by atoms with Gasteiger partial charge in [-0.2, -0.15) is 16.1 Å². The number of sulfonamides is 1. The van der Waals surface area contributed by atoms with Gasteiger partial charge in [-0.25, -0.2) is 13.2 Å². The Morgan fingerprint density at radius 1 is 1.18 bits per heavy atom. The maximum absolute atomic E-state index is 12.9. The molecule has 0 aliphatic carbocycles. The molecule has 2 saturated heterocycles. The summed E-state index contributed by atoms with van der Waals surface area (Å²) in [7, 11) is -3.61. The molecule has 1 aromatic rings. The van der Waals surface area contributed by atoms with E-state index in [0.717, 1.165) is 5.75 Å². The van der Waals surface area contributed by atoms with Crippen LogP contribution < -0.4 is 0 Å². The summed E-state index contributed by atoms with van der Waals surface area (Å²) in [6.07, 6.45) is 0. The lowest BCUT2D eigenvalue weighted by Crippen LogP contribution is -2.51. The Hall–Kier alpha value is -1.62. The molecule has 1 aromatic carbocycles. The molecule has 1 unspecified atom stereocenters. The van der Waals surface area contributed by atoms with Crippen LogP contribution in [0.2, 0.25) is 0 Å². The molecule has 2 aliphatic rings. The second-order valence-corrected chi connectivity index (χ2v) is 9.47. The van der Waals surface area contributed by atoms with E-state index in [2.05, 4.69) is 0 Å². The minimum absolute atomic E-state index is 0.141. The molecule has 0 bridgehead atoms. The lowest BCUT2D eigenvalue weighted by molar-refractivity contribution is -0.147. The number of amides is 1. The van der Waals surface area contributed by atoms with E-state index in [4.69, 9.17) is 9.47 Å². The van der Waals surface area contributed by atoms with Gasteiger partial charge in [0.2, 0.25) is 10.0 Å². The number of carbonyl (C=O) groups excluding carboxylic acids is 2. The zero-order valence-corrected chi connectivity index (χ0v) is 17.3. The topological polar surface area (TPSA) is 93.2 Å². The van der Waals surface area contributed by atoms with E-state index in [0.29, 0.717) is 44.2 Å². The van der Waals surface area contributed by atoms with E-state index in [9.17, 15) is 18.0 Å². The fourth-order valence-corrected chi connectivity index (χ4v) is 5.59.